The third-order valence-corrected chi connectivity index (χ3v) is 3.91. The molecular weight excluding hydrogens is 190 g/mol. The quantitative estimate of drug-likeness (QED) is 0.667. The van der Waals surface area contributed by atoms with Gasteiger partial charge in [0, 0.05) is 0 Å². The zero-order chi connectivity index (χ0) is 10.9. The predicted molar refractivity (Wildman–Crippen MR) is 54.7 cm³/mol. The molecule has 0 bridgehead atoms. The molecule has 0 N–H and O–H groups in total. The van der Waals surface area contributed by atoms with Crippen LogP contribution in [0.3, 0.4) is 0 Å². The molecule has 0 amide bonds. The highest BCUT2D eigenvalue weighted by Crippen LogP contribution is 2.56. The van der Waals surface area contributed by atoms with Crippen LogP contribution in [0, 0.1) is 28.6 Å². The Kier molecular flexibility index (Phi) is 2.68. The highest BCUT2D eigenvalue weighted by atomic mass is 16.5. The summed E-state index contributed by atoms with van der Waals surface area (Å²) in [5, 5.41) is 9.24. The van der Waals surface area contributed by atoms with Crippen molar-refractivity contribution in [3.8, 4) is 6.07 Å². The smallest absolute Gasteiger partial charge is 0.307 e. The average Bonchev–Trinajstić information content (AvgIpc) is 2.43. The molecule has 2 fully saturated rings. The lowest BCUT2D eigenvalue weighted by atomic mass is 9.77. The van der Waals surface area contributed by atoms with E-state index >= 15 is 0 Å². The molecule has 2 rings (SSSR count). The van der Waals surface area contributed by atoms with Gasteiger partial charge >= 0.3 is 5.97 Å². The van der Waals surface area contributed by atoms with Crippen molar-refractivity contribution in [1.82, 2.24) is 0 Å². The van der Waals surface area contributed by atoms with Crippen molar-refractivity contribution in [2.45, 2.75) is 39.0 Å². The Morgan fingerprint density at radius 3 is 2.47 bits per heavy atom. The van der Waals surface area contributed by atoms with E-state index in [1.807, 2.05) is 0 Å². The number of nitriles is 1. The number of esters is 1. The fourth-order valence-electron chi connectivity index (χ4n) is 3.03. The minimum Gasteiger partial charge on any atom is -0.466 e. The summed E-state index contributed by atoms with van der Waals surface area (Å²) in [6.07, 6.45) is 4.61. The van der Waals surface area contributed by atoms with Crippen LogP contribution in [-0.2, 0) is 9.53 Å². The van der Waals surface area contributed by atoms with Crippen LogP contribution in [0.2, 0.25) is 0 Å². The Morgan fingerprint density at radius 1 is 1.47 bits per heavy atom. The first-order chi connectivity index (χ1) is 7.19. The number of carbonyl (C=O) groups is 1. The van der Waals surface area contributed by atoms with Gasteiger partial charge in [0.1, 0.15) is 0 Å². The Balaban J connectivity index is 1.98. The summed E-state index contributed by atoms with van der Waals surface area (Å²) in [7, 11) is 0. The first-order valence-corrected chi connectivity index (χ1v) is 5.76. The summed E-state index contributed by atoms with van der Waals surface area (Å²) in [5.41, 5.74) is -0.405. The van der Waals surface area contributed by atoms with Crippen molar-refractivity contribution in [3.63, 3.8) is 0 Å². The van der Waals surface area contributed by atoms with E-state index in [0.29, 0.717) is 24.9 Å². The number of fused-ring (bicyclic) bond motifs is 1. The summed E-state index contributed by atoms with van der Waals surface area (Å²) >= 11 is 0. The topological polar surface area (TPSA) is 50.1 Å². The summed E-state index contributed by atoms with van der Waals surface area (Å²) < 4.78 is 4.93. The fraction of sp³-hybridized carbons (Fsp3) is 0.833. The first-order valence-electron chi connectivity index (χ1n) is 5.76. The lowest BCUT2D eigenvalue weighted by molar-refractivity contribution is -0.145. The van der Waals surface area contributed by atoms with Crippen molar-refractivity contribution in [1.29, 1.82) is 5.26 Å². The van der Waals surface area contributed by atoms with Crippen molar-refractivity contribution in [2.75, 3.05) is 6.61 Å². The van der Waals surface area contributed by atoms with Crippen LogP contribution >= 0.6 is 0 Å². The van der Waals surface area contributed by atoms with Gasteiger partial charge in [-0.15, -0.1) is 0 Å². The summed E-state index contributed by atoms with van der Waals surface area (Å²) in [4.78, 5) is 11.4. The molecule has 0 radical (unpaired) electrons. The van der Waals surface area contributed by atoms with Gasteiger partial charge in [-0.1, -0.05) is 0 Å². The Morgan fingerprint density at radius 2 is 2.07 bits per heavy atom. The van der Waals surface area contributed by atoms with Gasteiger partial charge in [-0.05, 0) is 44.4 Å². The maximum Gasteiger partial charge on any atom is 0.307 e. The molecule has 3 heteroatoms. The Bertz CT molecular complexity index is 293. The van der Waals surface area contributed by atoms with E-state index in [1.165, 1.54) is 12.8 Å². The van der Waals surface area contributed by atoms with Gasteiger partial charge in [-0.2, -0.15) is 5.26 Å². The lowest BCUT2D eigenvalue weighted by Crippen LogP contribution is -2.21. The Labute approximate surface area is 90.4 Å². The van der Waals surface area contributed by atoms with Gasteiger partial charge in [0.25, 0.3) is 0 Å². The van der Waals surface area contributed by atoms with Crippen molar-refractivity contribution in [2.24, 2.45) is 17.3 Å². The molecule has 0 aromatic heterocycles. The van der Waals surface area contributed by atoms with E-state index in [2.05, 4.69) is 6.07 Å². The molecule has 2 aliphatic rings. The van der Waals surface area contributed by atoms with Crippen LogP contribution in [0.1, 0.15) is 39.0 Å². The number of carbonyl (C=O) groups excluding carboxylic acids is 1. The molecule has 3 nitrogen and oxygen atoms in total. The lowest BCUT2D eigenvalue weighted by Gasteiger charge is -2.29. The van der Waals surface area contributed by atoms with Crippen LogP contribution in [0.25, 0.3) is 0 Å². The number of ether oxygens (including phenoxy) is 1. The van der Waals surface area contributed by atoms with Crippen LogP contribution < -0.4 is 0 Å². The predicted octanol–water partition coefficient (Wildman–Crippen LogP) is 2.27. The molecule has 3 atom stereocenters. The fourth-order valence-corrected chi connectivity index (χ4v) is 3.03. The van der Waals surface area contributed by atoms with E-state index in [9.17, 15) is 10.1 Å². The second-order valence-electron chi connectivity index (χ2n) is 4.88. The third kappa shape index (κ3) is 1.86. The van der Waals surface area contributed by atoms with Crippen LogP contribution in [0.5, 0.6) is 0 Å². The van der Waals surface area contributed by atoms with Crippen molar-refractivity contribution < 1.29 is 9.53 Å². The summed E-state index contributed by atoms with van der Waals surface area (Å²) in [6.45, 7) is 2.21. The van der Waals surface area contributed by atoms with Gasteiger partial charge in [-0.3, -0.25) is 4.79 Å². The monoisotopic (exact) mass is 207 g/mol. The van der Waals surface area contributed by atoms with E-state index in [-0.39, 0.29) is 5.97 Å². The van der Waals surface area contributed by atoms with Crippen LogP contribution in [-0.4, -0.2) is 12.6 Å². The maximum absolute atomic E-state index is 11.4. The molecule has 0 aromatic carbocycles. The maximum atomic E-state index is 11.4. The average molecular weight is 207 g/mol. The van der Waals surface area contributed by atoms with Crippen LogP contribution in [0.15, 0.2) is 0 Å². The summed E-state index contributed by atoms with van der Waals surface area (Å²) in [6, 6.07) is 2.37. The molecule has 0 heterocycles. The zero-order valence-corrected chi connectivity index (χ0v) is 9.16. The number of hydrogen-bond acceptors (Lipinski definition) is 3. The largest absolute Gasteiger partial charge is 0.466 e. The SMILES string of the molecule is CCOC(=O)C[C@@]1(C#N)C[C@H]2CC[C@H]2C1. The standard InChI is InChI=1S/C12H17NO2/c1-2-15-11(14)7-12(8-13)5-9-3-4-10(9)6-12/h9-10H,2-7H2,1H3/t9-,10+,12-. The molecule has 0 saturated heterocycles. The van der Waals surface area contributed by atoms with Gasteiger partial charge in [0.05, 0.1) is 24.5 Å². The normalized spacial score (nSPS) is 37.6. The van der Waals surface area contributed by atoms with Gasteiger partial charge in [-0.25, -0.2) is 0 Å². The first kappa shape index (κ1) is 10.5. The second kappa shape index (κ2) is 3.84. The number of nitrogens with zero attached hydrogens (tertiary/aromatic N) is 1. The van der Waals surface area contributed by atoms with Crippen LogP contribution in [0.4, 0.5) is 0 Å². The molecule has 2 saturated carbocycles. The molecule has 0 unspecified atom stereocenters. The summed E-state index contributed by atoms with van der Waals surface area (Å²) in [5.74, 6) is 1.21. The van der Waals surface area contributed by atoms with Gasteiger partial charge < -0.3 is 4.74 Å². The molecule has 0 aromatic rings. The molecule has 82 valence electrons. The minimum atomic E-state index is -0.405. The second-order valence-corrected chi connectivity index (χ2v) is 4.88. The van der Waals surface area contributed by atoms with Crippen molar-refractivity contribution >= 4 is 5.97 Å². The molecule has 0 spiro atoms. The number of rotatable bonds is 3. The molecule has 0 aliphatic heterocycles. The minimum absolute atomic E-state index is 0.208. The molecule has 2 aliphatic carbocycles. The van der Waals surface area contributed by atoms with Gasteiger partial charge in [0.15, 0.2) is 0 Å². The zero-order valence-electron chi connectivity index (χ0n) is 9.16. The highest BCUT2D eigenvalue weighted by molar-refractivity contribution is 5.71. The van der Waals surface area contributed by atoms with Gasteiger partial charge in [0.2, 0.25) is 0 Å². The van der Waals surface area contributed by atoms with E-state index in [0.717, 1.165) is 12.8 Å². The van der Waals surface area contributed by atoms with E-state index in [1.54, 1.807) is 6.92 Å². The molecular formula is C12H17NO2. The van der Waals surface area contributed by atoms with E-state index < -0.39 is 5.41 Å². The Hall–Kier alpha value is -1.04. The number of hydrogen-bond donors (Lipinski definition) is 0. The third-order valence-electron chi connectivity index (χ3n) is 3.91. The highest BCUT2D eigenvalue weighted by Gasteiger charge is 2.50. The molecule has 15 heavy (non-hydrogen) atoms. The van der Waals surface area contributed by atoms with E-state index in [4.69, 9.17) is 4.74 Å². The van der Waals surface area contributed by atoms with Crippen molar-refractivity contribution in [3.05, 3.63) is 0 Å².